The Morgan fingerprint density at radius 1 is 0.524 bits per heavy atom. The first kappa shape index (κ1) is 74.0. The zero-order valence-electron chi connectivity index (χ0n) is 50.0. The van der Waals surface area contributed by atoms with Crippen LogP contribution in [0.4, 0.5) is 0 Å². The van der Waals surface area contributed by atoms with Gasteiger partial charge in [0, 0.05) is 12.8 Å². The van der Waals surface area contributed by atoms with E-state index in [0.717, 1.165) is 27.9 Å². The molecule has 0 bridgehead atoms. The first-order valence-corrected chi connectivity index (χ1v) is 27.5. The number of hydrogen-bond acceptors (Lipinski definition) is 19. The SMILES string of the molecule is C/C=C/C=C(C)/C=C/C1=C(C)C(=O)C(OC(=O)CCC(=O)OCC(O)C(O)C(O)C(O)CC)CC1(C)C.CC(C)=C/C=C/C=C(C)/C=C/C=C(C)/C=C/C1=C(C)C(=O)C(OC(=O)CCC(=O)OCC(O)C(O)C(O)C(O)CO)CC1(C)C. The van der Waals surface area contributed by atoms with Crippen LogP contribution < -0.4 is 0 Å². The lowest BCUT2D eigenvalue weighted by Crippen LogP contribution is -2.47. The lowest BCUT2D eigenvalue weighted by atomic mass is 9.71. The van der Waals surface area contributed by atoms with Gasteiger partial charge in [0.25, 0.3) is 0 Å². The second kappa shape index (κ2) is 36.6. The molecule has 19 heteroatoms. The summed E-state index contributed by atoms with van der Waals surface area (Å²) in [6, 6.07) is 0. The Balaban J connectivity index is 0.000000836. The van der Waals surface area contributed by atoms with Gasteiger partial charge >= 0.3 is 23.9 Å². The largest absolute Gasteiger partial charge is 0.463 e. The van der Waals surface area contributed by atoms with Crippen molar-refractivity contribution in [3.05, 3.63) is 130 Å². The molecule has 2 rings (SSSR count). The molecule has 0 aromatic rings. The summed E-state index contributed by atoms with van der Waals surface area (Å²) in [5.74, 6) is -3.80. The highest BCUT2D eigenvalue weighted by molar-refractivity contribution is 6.02. The summed E-state index contributed by atoms with van der Waals surface area (Å²) in [5.41, 5.74) is 6.18. The minimum absolute atomic E-state index is 0.161. The van der Waals surface area contributed by atoms with Crippen LogP contribution in [0.5, 0.6) is 0 Å². The van der Waals surface area contributed by atoms with Crippen LogP contribution in [0, 0.1) is 10.8 Å². The summed E-state index contributed by atoms with van der Waals surface area (Å²) < 4.78 is 20.5. The molecule has 0 aromatic carbocycles. The molecule has 10 atom stereocenters. The Hall–Kier alpha value is -6.00. The van der Waals surface area contributed by atoms with Crippen molar-refractivity contribution in [3.8, 4) is 0 Å². The fourth-order valence-corrected chi connectivity index (χ4v) is 8.44. The first-order chi connectivity index (χ1) is 38.2. The molecule has 0 radical (unpaired) electrons. The maximum atomic E-state index is 13.1. The van der Waals surface area contributed by atoms with Crippen LogP contribution in [0.2, 0.25) is 0 Å². The molecule has 82 heavy (non-hydrogen) atoms. The van der Waals surface area contributed by atoms with Gasteiger partial charge in [0.1, 0.15) is 55.9 Å². The quantitative estimate of drug-likeness (QED) is 0.0237. The Morgan fingerprint density at radius 2 is 0.878 bits per heavy atom. The predicted molar refractivity (Wildman–Crippen MR) is 310 cm³/mol. The molecule has 9 N–H and O–H groups in total. The molecule has 19 nitrogen and oxygen atoms in total. The van der Waals surface area contributed by atoms with E-state index in [1.165, 1.54) is 5.57 Å². The van der Waals surface area contributed by atoms with Gasteiger partial charge in [0.05, 0.1) is 38.4 Å². The molecule has 0 aliphatic heterocycles. The van der Waals surface area contributed by atoms with E-state index in [4.69, 9.17) is 24.1 Å². The number of Topliss-reactive ketones (excluding diaryl/α,β-unsaturated/α-hetero) is 2. The number of aliphatic hydroxyl groups is 9. The Kier molecular flexibility index (Phi) is 33.0. The number of ketones is 2. The first-order valence-electron chi connectivity index (χ1n) is 27.5. The molecule has 0 saturated carbocycles. The molecular formula is C63H92O19. The van der Waals surface area contributed by atoms with Crippen LogP contribution in [0.25, 0.3) is 0 Å². The summed E-state index contributed by atoms with van der Waals surface area (Å²) >= 11 is 0. The van der Waals surface area contributed by atoms with Crippen molar-refractivity contribution < 1.29 is 93.7 Å². The molecule has 2 aliphatic rings. The smallest absolute Gasteiger partial charge is 0.307 e. The Morgan fingerprint density at radius 3 is 1.27 bits per heavy atom. The number of ether oxygens (including phenoxy) is 4. The highest BCUT2D eigenvalue weighted by atomic mass is 16.6. The lowest BCUT2D eigenvalue weighted by Gasteiger charge is -2.36. The summed E-state index contributed by atoms with van der Waals surface area (Å²) in [6.45, 7) is 22.7. The van der Waals surface area contributed by atoms with Gasteiger partial charge in [-0.2, -0.15) is 0 Å². The van der Waals surface area contributed by atoms with Crippen molar-refractivity contribution in [2.24, 2.45) is 10.8 Å². The molecule has 0 saturated heterocycles. The van der Waals surface area contributed by atoms with E-state index in [0.29, 0.717) is 17.6 Å². The topological polar surface area (TPSA) is 321 Å². The highest BCUT2D eigenvalue weighted by Crippen LogP contribution is 2.42. The third kappa shape index (κ3) is 26.1. The van der Waals surface area contributed by atoms with E-state index in [-0.39, 0.29) is 43.7 Å². The van der Waals surface area contributed by atoms with Gasteiger partial charge in [-0.15, -0.1) is 0 Å². The van der Waals surface area contributed by atoms with Gasteiger partial charge < -0.3 is 64.9 Å². The van der Waals surface area contributed by atoms with Gasteiger partial charge in [-0.05, 0) is 94.9 Å². The highest BCUT2D eigenvalue weighted by Gasteiger charge is 2.41. The van der Waals surface area contributed by atoms with Crippen LogP contribution in [-0.4, -0.2) is 162 Å². The van der Waals surface area contributed by atoms with Crippen molar-refractivity contribution in [3.63, 3.8) is 0 Å². The molecule has 0 amide bonds. The maximum Gasteiger partial charge on any atom is 0.307 e. The van der Waals surface area contributed by atoms with Crippen molar-refractivity contribution >= 4 is 35.4 Å². The standard InChI is InChI=1S/C35H50O10.C28H42O9/c1-22(2)11-8-9-12-23(3)13-10-14-24(4)15-16-26-25(5)32(41)29(19-35(26,6)7)45-31(40)18-17-30(39)44-21-28(38)34(43)33(42)27(37)20-36;1-7-9-10-17(3)11-12-19-18(4)25(33)22(15-28(19,5)6)37-24(32)14-13-23(31)36-16-21(30)27(35)26(34)20(29)8-2/h8-16,27-29,33-34,36-38,42-43H,17-21H2,1-7H3;7,9-12,20-22,26-27,29-30,34-35H,8,13-16H2,1-6H3/b9-8+,13-10+,16-15+,23-12+,24-14+;9-7+,12-11+,17-10+. The molecule has 458 valence electrons. The van der Waals surface area contributed by atoms with E-state index in [2.05, 4.69) is 0 Å². The number of carbonyl (C=O) groups is 6. The number of allylic oxidation sites excluding steroid dienone is 20. The van der Waals surface area contributed by atoms with Crippen LogP contribution >= 0.6 is 0 Å². The van der Waals surface area contributed by atoms with E-state index in [1.807, 2.05) is 154 Å². The normalized spacial score (nSPS) is 21.0. The average molecular weight is 1150 g/mol. The minimum Gasteiger partial charge on any atom is -0.463 e. The van der Waals surface area contributed by atoms with Crippen molar-refractivity contribution in [1.82, 2.24) is 0 Å². The van der Waals surface area contributed by atoms with Crippen molar-refractivity contribution in [2.75, 3.05) is 19.8 Å². The molecule has 0 heterocycles. The molecule has 2 aliphatic carbocycles. The number of aliphatic hydroxyl groups excluding tert-OH is 9. The molecular weight excluding hydrogens is 1060 g/mol. The van der Waals surface area contributed by atoms with Crippen molar-refractivity contribution in [1.29, 1.82) is 0 Å². The van der Waals surface area contributed by atoms with Crippen LogP contribution in [0.1, 0.15) is 135 Å². The average Bonchev–Trinajstić information content (AvgIpc) is 3.47. The van der Waals surface area contributed by atoms with E-state index in [9.17, 15) is 69.6 Å². The molecule has 10 unspecified atom stereocenters. The minimum atomic E-state index is -1.88. The van der Waals surface area contributed by atoms with Crippen LogP contribution in [0.15, 0.2) is 130 Å². The van der Waals surface area contributed by atoms with Gasteiger partial charge in [-0.3, -0.25) is 28.8 Å². The third-order valence-electron chi connectivity index (χ3n) is 13.5. The van der Waals surface area contributed by atoms with Gasteiger partial charge in [0.2, 0.25) is 0 Å². The summed E-state index contributed by atoms with van der Waals surface area (Å²) in [4.78, 5) is 74.8. The monoisotopic (exact) mass is 1150 g/mol. The van der Waals surface area contributed by atoms with Crippen LogP contribution in [0.3, 0.4) is 0 Å². The fraction of sp³-hybridized carbons (Fsp3) is 0.556. The van der Waals surface area contributed by atoms with E-state index < -0.39 is 122 Å². The Labute approximate surface area is 483 Å². The fourth-order valence-electron chi connectivity index (χ4n) is 8.44. The van der Waals surface area contributed by atoms with Gasteiger partial charge in [-0.25, -0.2) is 0 Å². The van der Waals surface area contributed by atoms with Gasteiger partial charge in [0.15, 0.2) is 23.8 Å². The number of esters is 4. The van der Waals surface area contributed by atoms with E-state index in [1.54, 1.807) is 20.8 Å². The van der Waals surface area contributed by atoms with Crippen LogP contribution in [-0.2, 0) is 47.7 Å². The van der Waals surface area contributed by atoms with E-state index >= 15 is 0 Å². The summed E-state index contributed by atoms with van der Waals surface area (Å²) in [5, 5.41) is 86.4. The predicted octanol–water partition coefficient (Wildman–Crippen LogP) is 5.97. The summed E-state index contributed by atoms with van der Waals surface area (Å²) in [7, 11) is 0. The summed E-state index contributed by atoms with van der Waals surface area (Å²) in [6.07, 6.45) is 11.5. The lowest BCUT2D eigenvalue weighted by molar-refractivity contribution is -0.161. The Bertz CT molecular complexity index is 2500. The second-order valence-corrected chi connectivity index (χ2v) is 22.0. The number of rotatable bonds is 29. The van der Waals surface area contributed by atoms with Crippen molar-refractivity contribution in [2.45, 2.75) is 196 Å². The molecule has 0 aromatic heterocycles. The number of hydrogen-bond donors (Lipinski definition) is 9. The second-order valence-electron chi connectivity index (χ2n) is 22.0. The maximum absolute atomic E-state index is 13.1. The van der Waals surface area contributed by atoms with Gasteiger partial charge in [-0.1, -0.05) is 142 Å². The molecule has 0 spiro atoms. The zero-order chi connectivity index (χ0) is 62.7. The molecule has 0 fully saturated rings. The number of carbonyl (C=O) groups excluding carboxylic acids is 6. The zero-order valence-corrected chi connectivity index (χ0v) is 50.0. The third-order valence-corrected chi connectivity index (χ3v) is 13.5.